The van der Waals surface area contributed by atoms with Crippen LogP contribution < -0.4 is 11.1 Å². The van der Waals surface area contributed by atoms with Crippen LogP contribution in [0.3, 0.4) is 0 Å². The van der Waals surface area contributed by atoms with E-state index in [4.69, 9.17) is 5.73 Å². The van der Waals surface area contributed by atoms with E-state index >= 15 is 0 Å². The van der Waals surface area contributed by atoms with Crippen molar-refractivity contribution in [3.8, 4) is 0 Å². The van der Waals surface area contributed by atoms with E-state index < -0.39 is 17.7 Å². The van der Waals surface area contributed by atoms with Crippen LogP contribution in [-0.4, -0.2) is 54.0 Å². The van der Waals surface area contributed by atoms with E-state index in [-0.39, 0.29) is 17.9 Å². The number of carbonyl (C=O) groups is 2. The predicted molar refractivity (Wildman–Crippen MR) is 96.7 cm³/mol. The van der Waals surface area contributed by atoms with E-state index in [0.29, 0.717) is 19.6 Å². The van der Waals surface area contributed by atoms with Crippen LogP contribution in [0.4, 0.5) is 13.6 Å². The molecular formula is C19H26F2N4O2. The van der Waals surface area contributed by atoms with Crippen molar-refractivity contribution in [2.45, 2.75) is 38.3 Å². The highest BCUT2D eigenvalue weighted by atomic mass is 19.2. The second-order valence-electron chi connectivity index (χ2n) is 7.43. The van der Waals surface area contributed by atoms with Gasteiger partial charge in [-0.15, -0.1) is 0 Å². The Morgan fingerprint density at radius 3 is 2.52 bits per heavy atom. The van der Waals surface area contributed by atoms with E-state index in [1.807, 2.05) is 0 Å². The fraction of sp³-hybridized carbons (Fsp3) is 0.579. The molecule has 0 spiro atoms. The van der Waals surface area contributed by atoms with Crippen LogP contribution in [0.15, 0.2) is 18.2 Å². The summed E-state index contributed by atoms with van der Waals surface area (Å²) in [5.74, 6) is -1.88. The van der Waals surface area contributed by atoms with Crippen LogP contribution >= 0.6 is 0 Å². The van der Waals surface area contributed by atoms with Crippen LogP contribution in [0.5, 0.6) is 0 Å². The second-order valence-corrected chi connectivity index (χ2v) is 7.43. The Hall–Kier alpha value is -2.22. The Kier molecular flexibility index (Phi) is 6.26. The molecule has 1 unspecified atom stereocenters. The quantitative estimate of drug-likeness (QED) is 0.837. The van der Waals surface area contributed by atoms with Crippen molar-refractivity contribution >= 4 is 11.9 Å². The number of urea groups is 1. The molecule has 1 aromatic rings. The minimum absolute atomic E-state index is 0.0139. The molecule has 6 nitrogen and oxygen atoms in total. The van der Waals surface area contributed by atoms with Gasteiger partial charge in [-0.3, -0.25) is 9.69 Å². The van der Waals surface area contributed by atoms with Gasteiger partial charge in [-0.1, -0.05) is 6.07 Å². The summed E-state index contributed by atoms with van der Waals surface area (Å²) in [5.41, 5.74) is 6.06. The molecule has 27 heavy (non-hydrogen) atoms. The maximum Gasteiger partial charge on any atom is 0.314 e. The van der Waals surface area contributed by atoms with Gasteiger partial charge in [-0.05, 0) is 43.4 Å². The number of amides is 3. The normalized spacial score (nSPS) is 21.9. The van der Waals surface area contributed by atoms with Crippen LogP contribution in [-0.2, 0) is 11.3 Å². The van der Waals surface area contributed by atoms with Gasteiger partial charge in [0.15, 0.2) is 11.6 Å². The Labute approximate surface area is 157 Å². The highest BCUT2D eigenvalue weighted by Gasteiger charge is 2.29. The van der Waals surface area contributed by atoms with Crippen molar-refractivity contribution < 1.29 is 18.4 Å². The molecule has 0 saturated carbocycles. The van der Waals surface area contributed by atoms with Gasteiger partial charge in [0.05, 0.1) is 5.92 Å². The fourth-order valence-corrected chi connectivity index (χ4v) is 3.84. The monoisotopic (exact) mass is 380 g/mol. The number of piperidine rings is 2. The van der Waals surface area contributed by atoms with E-state index in [0.717, 1.165) is 50.4 Å². The number of nitrogens with zero attached hydrogens (tertiary/aromatic N) is 2. The summed E-state index contributed by atoms with van der Waals surface area (Å²) < 4.78 is 26.3. The maximum absolute atomic E-state index is 13.3. The molecule has 8 heteroatoms. The summed E-state index contributed by atoms with van der Waals surface area (Å²) in [6.07, 6.45) is 3.17. The summed E-state index contributed by atoms with van der Waals surface area (Å²) in [5, 5.41) is 3.10. The highest BCUT2D eigenvalue weighted by Crippen LogP contribution is 2.19. The lowest BCUT2D eigenvalue weighted by Gasteiger charge is -2.35. The molecule has 3 rings (SSSR count). The third-order valence-corrected chi connectivity index (χ3v) is 5.43. The molecule has 2 heterocycles. The number of nitrogens with two attached hydrogens (primary N) is 1. The topological polar surface area (TPSA) is 78.7 Å². The lowest BCUT2D eigenvalue weighted by Crippen LogP contribution is -2.50. The zero-order valence-corrected chi connectivity index (χ0v) is 15.3. The van der Waals surface area contributed by atoms with Crippen molar-refractivity contribution in [3.63, 3.8) is 0 Å². The van der Waals surface area contributed by atoms with E-state index in [9.17, 15) is 18.4 Å². The molecule has 3 amide bonds. The lowest BCUT2D eigenvalue weighted by molar-refractivity contribution is -0.127. The van der Waals surface area contributed by atoms with E-state index in [1.165, 1.54) is 11.0 Å². The Balaban J connectivity index is 1.44. The number of benzene rings is 1. The number of nitrogens with one attached hydrogen (secondary N) is 1. The zero-order valence-electron chi connectivity index (χ0n) is 15.3. The second kappa shape index (κ2) is 8.65. The van der Waals surface area contributed by atoms with Gasteiger partial charge < -0.3 is 16.0 Å². The van der Waals surface area contributed by atoms with Crippen LogP contribution in [0.2, 0.25) is 0 Å². The van der Waals surface area contributed by atoms with Crippen LogP contribution in [0, 0.1) is 17.6 Å². The standard InChI is InChI=1S/C19H26F2N4O2/c20-16-4-3-13(10-17(16)21)11-24-8-5-15(6-9-24)23-18(26)14-2-1-7-25(12-14)19(22)27/h3-4,10,14-15H,1-2,5-9,11-12H2,(H2,22,27)(H,23,26). The van der Waals surface area contributed by atoms with Crippen molar-refractivity contribution in [2.75, 3.05) is 26.2 Å². The van der Waals surface area contributed by atoms with Crippen molar-refractivity contribution in [1.82, 2.24) is 15.1 Å². The molecule has 2 aliphatic rings. The van der Waals surface area contributed by atoms with Crippen LogP contribution in [0.25, 0.3) is 0 Å². The summed E-state index contributed by atoms with van der Waals surface area (Å²) >= 11 is 0. The SMILES string of the molecule is NC(=O)N1CCCC(C(=O)NC2CCN(Cc3ccc(F)c(F)c3)CC2)C1. The summed E-state index contributed by atoms with van der Waals surface area (Å²) in [4.78, 5) is 27.5. The van der Waals surface area contributed by atoms with E-state index in [1.54, 1.807) is 6.07 Å². The molecule has 2 aliphatic heterocycles. The number of halogens is 2. The first-order valence-electron chi connectivity index (χ1n) is 9.43. The largest absolute Gasteiger partial charge is 0.353 e. The van der Waals surface area contributed by atoms with Gasteiger partial charge in [-0.25, -0.2) is 13.6 Å². The number of hydrogen-bond donors (Lipinski definition) is 2. The molecule has 3 N–H and O–H groups in total. The zero-order chi connectivity index (χ0) is 19.4. The molecule has 1 atom stereocenters. The van der Waals surface area contributed by atoms with Gasteiger partial charge in [-0.2, -0.15) is 0 Å². The molecule has 0 radical (unpaired) electrons. The first-order valence-corrected chi connectivity index (χ1v) is 9.43. The lowest BCUT2D eigenvalue weighted by atomic mass is 9.96. The highest BCUT2D eigenvalue weighted by molar-refractivity contribution is 5.80. The van der Waals surface area contributed by atoms with Crippen molar-refractivity contribution in [1.29, 1.82) is 0 Å². The minimum Gasteiger partial charge on any atom is -0.353 e. The van der Waals surface area contributed by atoms with Crippen LogP contribution in [0.1, 0.15) is 31.2 Å². The molecule has 0 aromatic heterocycles. The van der Waals surface area contributed by atoms with Gasteiger partial charge in [0.1, 0.15) is 0 Å². The minimum atomic E-state index is -0.835. The van der Waals surface area contributed by atoms with E-state index in [2.05, 4.69) is 10.2 Å². The van der Waals surface area contributed by atoms with Crippen molar-refractivity contribution in [2.24, 2.45) is 11.7 Å². The Morgan fingerprint density at radius 2 is 1.85 bits per heavy atom. The number of carbonyl (C=O) groups excluding carboxylic acids is 2. The first kappa shape index (κ1) is 19.5. The van der Waals surface area contributed by atoms with Gasteiger partial charge in [0, 0.05) is 38.8 Å². The maximum atomic E-state index is 13.3. The predicted octanol–water partition coefficient (Wildman–Crippen LogP) is 1.84. The Morgan fingerprint density at radius 1 is 1.11 bits per heavy atom. The van der Waals surface area contributed by atoms with Crippen molar-refractivity contribution in [3.05, 3.63) is 35.4 Å². The average molecular weight is 380 g/mol. The average Bonchev–Trinajstić information content (AvgIpc) is 2.66. The van der Waals surface area contributed by atoms with Gasteiger partial charge in [0.2, 0.25) is 5.91 Å². The number of likely N-dealkylation sites (tertiary alicyclic amines) is 2. The molecule has 148 valence electrons. The third-order valence-electron chi connectivity index (χ3n) is 5.43. The molecule has 2 saturated heterocycles. The third kappa shape index (κ3) is 5.15. The number of hydrogen-bond acceptors (Lipinski definition) is 3. The molecule has 0 bridgehead atoms. The molecule has 2 fully saturated rings. The Bertz CT molecular complexity index is 692. The summed E-state index contributed by atoms with van der Waals surface area (Å²) in [7, 11) is 0. The van der Waals surface area contributed by atoms with Gasteiger partial charge in [0.25, 0.3) is 0 Å². The van der Waals surface area contributed by atoms with Gasteiger partial charge >= 0.3 is 6.03 Å². The molecule has 1 aromatic carbocycles. The molecule has 0 aliphatic carbocycles. The smallest absolute Gasteiger partial charge is 0.314 e. The summed E-state index contributed by atoms with van der Waals surface area (Å²) in [6.45, 7) is 3.12. The molecular weight excluding hydrogens is 354 g/mol. The first-order chi connectivity index (χ1) is 12.9. The number of primary amides is 1. The summed E-state index contributed by atoms with van der Waals surface area (Å²) in [6, 6.07) is 3.61. The number of rotatable bonds is 4. The fourth-order valence-electron chi connectivity index (χ4n) is 3.84.